The number of Topliss-reactive ketones (excluding diaryl/α,β-unsaturated/α-hetero) is 1. The van der Waals surface area contributed by atoms with Crippen molar-refractivity contribution < 1.29 is 9.72 Å². The molecule has 1 N–H and O–H groups in total. The van der Waals surface area contributed by atoms with Gasteiger partial charge in [-0.3, -0.25) is 14.9 Å². The molecule has 22 heavy (non-hydrogen) atoms. The SMILES string of the molecule is CNCCCc1c(C(C)=O)ccn1-c1ccc([N+](=O)[O-])cc1. The number of hydrogen-bond donors (Lipinski definition) is 1. The zero-order valence-corrected chi connectivity index (χ0v) is 12.7. The Kier molecular flexibility index (Phi) is 5.06. The van der Waals surface area contributed by atoms with Gasteiger partial charge in [-0.1, -0.05) is 0 Å². The lowest BCUT2D eigenvalue weighted by atomic mass is 10.1. The van der Waals surface area contributed by atoms with Gasteiger partial charge in [0.2, 0.25) is 0 Å². The molecule has 0 aliphatic heterocycles. The number of nitrogens with one attached hydrogen (secondary N) is 1. The zero-order valence-electron chi connectivity index (χ0n) is 12.7. The fourth-order valence-corrected chi connectivity index (χ4v) is 2.45. The highest BCUT2D eigenvalue weighted by atomic mass is 16.6. The van der Waals surface area contributed by atoms with E-state index in [0.717, 1.165) is 30.8 Å². The number of nitro benzene ring substituents is 1. The maximum absolute atomic E-state index is 11.8. The minimum Gasteiger partial charge on any atom is -0.320 e. The molecule has 116 valence electrons. The highest BCUT2D eigenvalue weighted by Crippen LogP contribution is 2.21. The van der Waals surface area contributed by atoms with Crippen molar-refractivity contribution in [3.05, 3.63) is 57.9 Å². The van der Waals surface area contributed by atoms with Crippen molar-refractivity contribution in [2.24, 2.45) is 0 Å². The molecule has 0 fully saturated rings. The number of nitrogens with zero attached hydrogens (tertiary/aromatic N) is 2. The molecule has 2 aromatic rings. The lowest BCUT2D eigenvalue weighted by molar-refractivity contribution is -0.384. The van der Waals surface area contributed by atoms with Crippen LogP contribution >= 0.6 is 0 Å². The van der Waals surface area contributed by atoms with E-state index in [4.69, 9.17) is 0 Å². The zero-order chi connectivity index (χ0) is 16.1. The molecule has 0 amide bonds. The third-order valence-corrected chi connectivity index (χ3v) is 3.55. The van der Waals surface area contributed by atoms with Gasteiger partial charge in [-0.2, -0.15) is 0 Å². The van der Waals surface area contributed by atoms with E-state index in [2.05, 4.69) is 5.32 Å². The standard InChI is InChI=1S/C16H19N3O3/c1-12(20)15-9-11-18(16(15)4-3-10-17-2)13-5-7-14(8-6-13)19(21)22/h5-9,11,17H,3-4,10H2,1-2H3. The normalized spacial score (nSPS) is 10.6. The van der Waals surface area contributed by atoms with Crippen LogP contribution in [0.4, 0.5) is 5.69 Å². The van der Waals surface area contributed by atoms with E-state index in [-0.39, 0.29) is 11.5 Å². The Labute approximate surface area is 128 Å². The maximum atomic E-state index is 11.8. The van der Waals surface area contributed by atoms with Crippen LogP contribution in [0.2, 0.25) is 0 Å². The van der Waals surface area contributed by atoms with Gasteiger partial charge in [-0.05, 0) is 51.6 Å². The van der Waals surface area contributed by atoms with Gasteiger partial charge in [0.25, 0.3) is 5.69 Å². The number of aromatic nitrogens is 1. The first kappa shape index (κ1) is 15.9. The second-order valence-corrected chi connectivity index (χ2v) is 5.08. The molecule has 1 aromatic carbocycles. The van der Waals surface area contributed by atoms with Gasteiger partial charge in [-0.15, -0.1) is 0 Å². The smallest absolute Gasteiger partial charge is 0.269 e. The molecular weight excluding hydrogens is 282 g/mol. The van der Waals surface area contributed by atoms with E-state index in [0.29, 0.717) is 5.56 Å². The molecule has 6 heteroatoms. The molecule has 0 saturated heterocycles. The first-order chi connectivity index (χ1) is 10.5. The lowest BCUT2D eigenvalue weighted by Crippen LogP contribution is -2.11. The van der Waals surface area contributed by atoms with Crippen molar-refractivity contribution in [2.75, 3.05) is 13.6 Å². The fourth-order valence-electron chi connectivity index (χ4n) is 2.45. The van der Waals surface area contributed by atoms with Crippen molar-refractivity contribution in [3.8, 4) is 5.69 Å². The van der Waals surface area contributed by atoms with Crippen molar-refractivity contribution >= 4 is 11.5 Å². The first-order valence-electron chi connectivity index (χ1n) is 7.15. The summed E-state index contributed by atoms with van der Waals surface area (Å²) in [4.78, 5) is 22.1. The van der Waals surface area contributed by atoms with E-state index in [9.17, 15) is 14.9 Å². The average molecular weight is 301 g/mol. The van der Waals surface area contributed by atoms with Gasteiger partial charge in [0.05, 0.1) is 4.92 Å². The van der Waals surface area contributed by atoms with E-state index in [1.807, 2.05) is 17.8 Å². The number of nitro groups is 1. The van der Waals surface area contributed by atoms with E-state index >= 15 is 0 Å². The van der Waals surface area contributed by atoms with Crippen LogP contribution in [0.3, 0.4) is 0 Å². The summed E-state index contributed by atoms with van der Waals surface area (Å²) < 4.78 is 1.93. The summed E-state index contributed by atoms with van der Waals surface area (Å²) in [6.07, 6.45) is 3.51. The predicted octanol–water partition coefficient (Wildman–Crippen LogP) is 2.74. The molecule has 0 aliphatic rings. The molecule has 0 spiro atoms. The number of rotatable bonds is 7. The average Bonchev–Trinajstić information content (AvgIpc) is 2.91. The van der Waals surface area contributed by atoms with Crippen molar-refractivity contribution in [1.29, 1.82) is 0 Å². The molecule has 0 radical (unpaired) electrons. The molecule has 0 aliphatic carbocycles. The van der Waals surface area contributed by atoms with Crippen LogP contribution < -0.4 is 5.32 Å². The Morgan fingerprint density at radius 1 is 1.27 bits per heavy atom. The monoisotopic (exact) mass is 301 g/mol. The second-order valence-electron chi connectivity index (χ2n) is 5.08. The highest BCUT2D eigenvalue weighted by molar-refractivity contribution is 5.95. The van der Waals surface area contributed by atoms with Gasteiger partial charge >= 0.3 is 0 Å². The number of benzene rings is 1. The maximum Gasteiger partial charge on any atom is 0.269 e. The molecule has 0 bridgehead atoms. The van der Waals surface area contributed by atoms with Gasteiger partial charge in [0.1, 0.15) is 0 Å². The highest BCUT2D eigenvalue weighted by Gasteiger charge is 2.14. The van der Waals surface area contributed by atoms with E-state index in [1.165, 1.54) is 12.1 Å². The van der Waals surface area contributed by atoms with Crippen LogP contribution in [0.5, 0.6) is 0 Å². The topological polar surface area (TPSA) is 77.2 Å². The van der Waals surface area contributed by atoms with Crippen LogP contribution in [0.15, 0.2) is 36.5 Å². The molecule has 0 unspecified atom stereocenters. The minimum atomic E-state index is -0.422. The number of ketones is 1. The van der Waals surface area contributed by atoms with Crippen molar-refractivity contribution in [3.63, 3.8) is 0 Å². The van der Waals surface area contributed by atoms with Crippen LogP contribution in [0.25, 0.3) is 5.69 Å². The van der Waals surface area contributed by atoms with Crippen molar-refractivity contribution in [1.82, 2.24) is 9.88 Å². The second kappa shape index (κ2) is 7.00. The van der Waals surface area contributed by atoms with E-state index < -0.39 is 4.92 Å². The van der Waals surface area contributed by atoms with Gasteiger partial charge in [-0.25, -0.2) is 0 Å². The predicted molar refractivity (Wildman–Crippen MR) is 84.7 cm³/mol. The Balaban J connectivity index is 2.36. The van der Waals surface area contributed by atoms with Crippen LogP contribution in [0.1, 0.15) is 29.4 Å². The Morgan fingerprint density at radius 2 is 1.95 bits per heavy atom. The summed E-state index contributed by atoms with van der Waals surface area (Å²) in [5.74, 6) is 0.0279. The van der Waals surface area contributed by atoms with E-state index in [1.54, 1.807) is 25.1 Å². The summed E-state index contributed by atoms with van der Waals surface area (Å²) in [5.41, 5.74) is 2.52. The van der Waals surface area contributed by atoms with Crippen LogP contribution in [-0.4, -0.2) is 28.9 Å². The molecule has 1 heterocycles. The minimum absolute atomic E-state index is 0.0279. The fraction of sp³-hybridized carbons (Fsp3) is 0.312. The lowest BCUT2D eigenvalue weighted by Gasteiger charge is -2.11. The molecule has 6 nitrogen and oxygen atoms in total. The molecule has 0 atom stereocenters. The van der Waals surface area contributed by atoms with Crippen LogP contribution in [-0.2, 0) is 6.42 Å². The summed E-state index contributed by atoms with van der Waals surface area (Å²) in [5, 5.41) is 13.8. The summed E-state index contributed by atoms with van der Waals surface area (Å²) in [6, 6.07) is 8.14. The van der Waals surface area contributed by atoms with Gasteiger partial charge < -0.3 is 9.88 Å². The van der Waals surface area contributed by atoms with Gasteiger partial charge in [0.15, 0.2) is 5.78 Å². The number of carbonyl (C=O) groups excluding carboxylic acids is 1. The van der Waals surface area contributed by atoms with Crippen LogP contribution in [0, 0.1) is 10.1 Å². The first-order valence-corrected chi connectivity index (χ1v) is 7.15. The summed E-state index contributed by atoms with van der Waals surface area (Å²) in [7, 11) is 1.89. The molecule has 1 aromatic heterocycles. The number of hydrogen-bond acceptors (Lipinski definition) is 4. The number of non-ortho nitro benzene ring substituents is 1. The third-order valence-electron chi connectivity index (χ3n) is 3.55. The molecule has 0 saturated carbocycles. The molecule has 2 rings (SSSR count). The summed E-state index contributed by atoms with van der Waals surface area (Å²) in [6.45, 7) is 2.42. The summed E-state index contributed by atoms with van der Waals surface area (Å²) >= 11 is 0. The molecular formula is C16H19N3O3. The Hall–Kier alpha value is -2.47. The Morgan fingerprint density at radius 3 is 2.50 bits per heavy atom. The number of carbonyl (C=O) groups is 1. The van der Waals surface area contributed by atoms with Gasteiger partial charge in [0, 0.05) is 35.3 Å². The van der Waals surface area contributed by atoms with Crippen molar-refractivity contribution in [2.45, 2.75) is 19.8 Å². The Bertz CT molecular complexity index is 674. The third kappa shape index (κ3) is 3.40. The quantitative estimate of drug-likeness (QED) is 0.369. The largest absolute Gasteiger partial charge is 0.320 e.